The lowest BCUT2D eigenvalue weighted by molar-refractivity contribution is 0.0952. The van der Waals surface area contributed by atoms with Gasteiger partial charge in [0, 0.05) is 31.5 Å². The average Bonchev–Trinajstić information content (AvgIpc) is 3.44. The van der Waals surface area contributed by atoms with Crippen LogP contribution in [0.2, 0.25) is 0 Å². The lowest BCUT2D eigenvalue weighted by Crippen LogP contribution is -2.27. The monoisotopic (exact) mass is 432 g/mol. The number of ether oxygens (including phenoxy) is 1. The first-order chi connectivity index (χ1) is 15.5. The molecule has 0 saturated heterocycles. The van der Waals surface area contributed by atoms with E-state index in [0.29, 0.717) is 17.8 Å². The normalized spacial score (nSPS) is 12.1. The van der Waals surface area contributed by atoms with Gasteiger partial charge in [0.2, 0.25) is 0 Å². The van der Waals surface area contributed by atoms with Crippen molar-refractivity contribution in [2.45, 2.75) is 32.7 Å². The van der Waals surface area contributed by atoms with Crippen LogP contribution in [0.5, 0.6) is 5.75 Å². The molecule has 8 heteroatoms. The van der Waals surface area contributed by atoms with Gasteiger partial charge in [-0.25, -0.2) is 4.98 Å². The van der Waals surface area contributed by atoms with Crippen molar-refractivity contribution >= 4 is 16.9 Å². The van der Waals surface area contributed by atoms with E-state index in [2.05, 4.69) is 22.4 Å². The summed E-state index contributed by atoms with van der Waals surface area (Å²) >= 11 is 0. The van der Waals surface area contributed by atoms with E-state index in [1.54, 1.807) is 18.0 Å². The molecule has 4 aromatic rings. The zero-order valence-corrected chi connectivity index (χ0v) is 18.9. The van der Waals surface area contributed by atoms with Crippen LogP contribution in [-0.4, -0.2) is 44.1 Å². The number of hydrogen-bond donors (Lipinski definition) is 1. The molecule has 166 valence electrons. The van der Waals surface area contributed by atoms with E-state index in [1.165, 1.54) is 0 Å². The van der Waals surface area contributed by atoms with Gasteiger partial charge >= 0.3 is 0 Å². The Hall–Kier alpha value is -3.68. The van der Waals surface area contributed by atoms with Crippen molar-refractivity contribution in [1.82, 2.24) is 29.9 Å². The molecule has 0 aliphatic heterocycles. The van der Waals surface area contributed by atoms with Crippen molar-refractivity contribution in [3.8, 4) is 17.0 Å². The van der Waals surface area contributed by atoms with E-state index >= 15 is 0 Å². The van der Waals surface area contributed by atoms with Gasteiger partial charge in [-0.1, -0.05) is 6.92 Å². The third kappa shape index (κ3) is 4.21. The van der Waals surface area contributed by atoms with E-state index in [4.69, 9.17) is 9.72 Å². The molecule has 1 N–H and O–H groups in total. The van der Waals surface area contributed by atoms with Crippen LogP contribution in [0, 0.1) is 6.92 Å². The van der Waals surface area contributed by atoms with Crippen molar-refractivity contribution in [1.29, 1.82) is 0 Å². The highest BCUT2D eigenvalue weighted by molar-refractivity contribution is 6.07. The van der Waals surface area contributed by atoms with Gasteiger partial charge in [-0.2, -0.15) is 10.2 Å². The molecule has 0 saturated carbocycles. The standard InChI is InChI=1S/C24H28N6O2/c1-5-18(30-14-6-12-26-30)11-13-25-24(31)20-15-21(17-7-9-19(32-4)10-8-17)27-23-22(20)16(2)28-29(23)3/h6-10,12,14-15,18H,5,11,13H2,1-4H3,(H,25,31)/t18-/m1/s1. The van der Waals surface area contributed by atoms with Crippen LogP contribution < -0.4 is 10.1 Å². The molecule has 0 unspecified atom stereocenters. The van der Waals surface area contributed by atoms with Gasteiger partial charge in [0.1, 0.15) is 5.75 Å². The summed E-state index contributed by atoms with van der Waals surface area (Å²) in [6.07, 6.45) is 5.49. The number of methoxy groups -OCH3 is 1. The number of pyridine rings is 1. The summed E-state index contributed by atoms with van der Waals surface area (Å²) < 4.78 is 8.92. The van der Waals surface area contributed by atoms with Crippen molar-refractivity contribution in [3.63, 3.8) is 0 Å². The minimum absolute atomic E-state index is 0.126. The molecule has 0 aliphatic rings. The molecule has 1 amide bonds. The van der Waals surface area contributed by atoms with Gasteiger partial charge in [-0.3, -0.25) is 14.2 Å². The summed E-state index contributed by atoms with van der Waals surface area (Å²) in [7, 11) is 3.48. The number of nitrogens with zero attached hydrogens (tertiary/aromatic N) is 5. The molecule has 3 aromatic heterocycles. The fourth-order valence-corrected chi connectivity index (χ4v) is 4.00. The number of aromatic nitrogens is 5. The molecule has 0 fully saturated rings. The molecule has 1 atom stereocenters. The third-order valence-corrected chi connectivity index (χ3v) is 5.73. The largest absolute Gasteiger partial charge is 0.497 e. The minimum Gasteiger partial charge on any atom is -0.497 e. The maximum Gasteiger partial charge on any atom is 0.252 e. The number of amides is 1. The predicted molar refractivity (Wildman–Crippen MR) is 124 cm³/mol. The van der Waals surface area contributed by atoms with Crippen LogP contribution in [0.15, 0.2) is 48.8 Å². The molecule has 0 spiro atoms. The van der Waals surface area contributed by atoms with Crippen LogP contribution in [0.25, 0.3) is 22.3 Å². The first-order valence-corrected chi connectivity index (χ1v) is 10.8. The third-order valence-electron chi connectivity index (χ3n) is 5.73. The predicted octanol–water partition coefficient (Wildman–Crippen LogP) is 3.92. The summed E-state index contributed by atoms with van der Waals surface area (Å²) in [6, 6.07) is 11.7. The number of hydrogen-bond acceptors (Lipinski definition) is 5. The van der Waals surface area contributed by atoms with Crippen LogP contribution in [0.3, 0.4) is 0 Å². The summed E-state index contributed by atoms with van der Waals surface area (Å²) in [4.78, 5) is 18.0. The number of aryl methyl sites for hydroxylation is 2. The maximum absolute atomic E-state index is 13.2. The van der Waals surface area contributed by atoms with Crippen molar-refractivity contribution in [2.75, 3.05) is 13.7 Å². The summed E-state index contributed by atoms with van der Waals surface area (Å²) in [5.41, 5.74) is 3.67. The van der Waals surface area contributed by atoms with Gasteiger partial charge in [0.15, 0.2) is 5.65 Å². The topological polar surface area (TPSA) is 86.9 Å². The summed E-state index contributed by atoms with van der Waals surface area (Å²) in [6.45, 7) is 4.58. The van der Waals surface area contributed by atoms with E-state index in [9.17, 15) is 4.79 Å². The lowest BCUT2D eigenvalue weighted by atomic mass is 10.0. The Morgan fingerprint density at radius 2 is 2.03 bits per heavy atom. The Labute approximate surface area is 187 Å². The number of nitrogens with one attached hydrogen (secondary N) is 1. The van der Waals surface area contributed by atoms with Crippen LogP contribution in [0.1, 0.15) is 41.9 Å². The fraction of sp³-hybridized carbons (Fsp3) is 0.333. The van der Waals surface area contributed by atoms with Crippen LogP contribution in [0.4, 0.5) is 0 Å². The Bertz CT molecular complexity index is 1210. The van der Waals surface area contributed by atoms with E-state index < -0.39 is 0 Å². The summed E-state index contributed by atoms with van der Waals surface area (Å²) in [5, 5.41) is 12.7. The van der Waals surface area contributed by atoms with Crippen molar-refractivity contribution in [3.05, 3.63) is 60.0 Å². The number of benzene rings is 1. The highest BCUT2D eigenvalue weighted by atomic mass is 16.5. The Balaban J connectivity index is 1.62. The highest BCUT2D eigenvalue weighted by Gasteiger charge is 2.19. The van der Waals surface area contributed by atoms with Gasteiger partial charge in [0.25, 0.3) is 5.91 Å². The number of carbonyl (C=O) groups excluding carboxylic acids is 1. The van der Waals surface area contributed by atoms with Gasteiger partial charge in [-0.05, 0) is 56.2 Å². The van der Waals surface area contributed by atoms with Gasteiger partial charge < -0.3 is 10.1 Å². The Kier molecular flexibility index (Phi) is 6.20. The quantitative estimate of drug-likeness (QED) is 0.456. The first kappa shape index (κ1) is 21.5. The van der Waals surface area contributed by atoms with Gasteiger partial charge in [0.05, 0.1) is 35.5 Å². The molecule has 32 heavy (non-hydrogen) atoms. The minimum atomic E-state index is -0.126. The number of rotatable bonds is 8. The number of carbonyl (C=O) groups is 1. The Morgan fingerprint density at radius 3 is 2.69 bits per heavy atom. The molecule has 8 nitrogen and oxygen atoms in total. The Morgan fingerprint density at radius 1 is 1.25 bits per heavy atom. The molecule has 1 aromatic carbocycles. The van der Waals surface area contributed by atoms with E-state index in [-0.39, 0.29) is 11.9 Å². The second kappa shape index (κ2) is 9.21. The average molecular weight is 433 g/mol. The van der Waals surface area contributed by atoms with Crippen molar-refractivity contribution in [2.24, 2.45) is 7.05 Å². The molecule has 0 radical (unpaired) electrons. The lowest BCUT2D eigenvalue weighted by Gasteiger charge is -2.16. The zero-order valence-electron chi connectivity index (χ0n) is 18.9. The molecule has 0 aliphatic carbocycles. The molecule has 0 bridgehead atoms. The molecular weight excluding hydrogens is 404 g/mol. The van der Waals surface area contributed by atoms with E-state index in [0.717, 1.165) is 40.9 Å². The van der Waals surface area contributed by atoms with Crippen LogP contribution >= 0.6 is 0 Å². The zero-order chi connectivity index (χ0) is 22.7. The maximum atomic E-state index is 13.2. The van der Waals surface area contributed by atoms with Crippen molar-refractivity contribution < 1.29 is 9.53 Å². The molecule has 3 heterocycles. The van der Waals surface area contributed by atoms with Gasteiger partial charge in [-0.15, -0.1) is 0 Å². The second-order valence-electron chi connectivity index (χ2n) is 7.78. The number of fused-ring (bicyclic) bond motifs is 1. The SMILES string of the molecule is CC[C@H](CCNC(=O)c1cc(-c2ccc(OC)cc2)nc2c1c(C)nn2C)n1cccn1. The fourth-order valence-electron chi connectivity index (χ4n) is 4.00. The van der Waals surface area contributed by atoms with Crippen LogP contribution in [-0.2, 0) is 7.05 Å². The highest BCUT2D eigenvalue weighted by Crippen LogP contribution is 2.28. The molecular formula is C24H28N6O2. The smallest absolute Gasteiger partial charge is 0.252 e. The first-order valence-electron chi connectivity index (χ1n) is 10.8. The molecule has 4 rings (SSSR count). The van der Waals surface area contributed by atoms with E-state index in [1.807, 2.05) is 61.2 Å². The summed E-state index contributed by atoms with van der Waals surface area (Å²) in [5.74, 6) is 0.644. The second-order valence-corrected chi connectivity index (χ2v) is 7.78.